The summed E-state index contributed by atoms with van der Waals surface area (Å²) in [6.45, 7) is 4.67. The third kappa shape index (κ3) is 4.46. The van der Waals surface area contributed by atoms with Gasteiger partial charge in [0.25, 0.3) is 0 Å². The molecule has 0 unspecified atom stereocenters. The first-order valence-corrected chi connectivity index (χ1v) is 5.85. The van der Waals surface area contributed by atoms with Gasteiger partial charge in [0.1, 0.15) is 17.6 Å². The van der Waals surface area contributed by atoms with Crippen LogP contribution in [0.15, 0.2) is 6.07 Å². The van der Waals surface area contributed by atoms with Crippen molar-refractivity contribution in [3.8, 4) is 0 Å². The molecule has 1 rings (SSSR count). The van der Waals surface area contributed by atoms with E-state index in [1.54, 1.807) is 20.3 Å². The zero-order chi connectivity index (χ0) is 12.7. The van der Waals surface area contributed by atoms with Gasteiger partial charge in [0, 0.05) is 33.4 Å². The summed E-state index contributed by atoms with van der Waals surface area (Å²) in [5.41, 5.74) is 0. The molecule has 0 amide bonds. The van der Waals surface area contributed by atoms with E-state index in [1.165, 1.54) is 0 Å². The van der Waals surface area contributed by atoms with Crippen molar-refractivity contribution in [3.05, 3.63) is 17.0 Å². The van der Waals surface area contributed by atoms with Crippen molar-refractivity contribution >= 4 is 17.4 Å². The van der Waals surface area contributed by atoms with Crippen LogP contribution in [0.4, 0.5) is 5.82 Å². The normalized spacial score (nSPS) is 10.6. The molecule has 0 atom stereocenters. The molecule has 0 bridgehead atoms. The van der Waals surface area contributed by atoms with Crippen LogP contribution in [0.5, 0.6) is 0 Å². The predicted octanol–water partition coefficient (Wildman–Crippen LogP) is 1.75. The molecule has 1 heterocycles. The van der Waals surface area contributed by atoms with Crippen LogP contribution in [-0.2, 0) is 16.1 Å². The second-order valence-electron chi connectivity index (χ2n) is 3.47. The molecule has 0 aliphatic rings. The van der Waals surface area contributed by atoms with Gasteiger partial charge < -0.3 is 14.4 Å². The second kappa shape index (κ2) is 7.42. The first kappa shape index (κ1) is 14.2. The van der Waals surface area contributed by atoms with Crippen molar-refractivity contribution in [2.24, 2.45) is 0 Å². The number of aromatic nitrogens is 2. The number of likely N-dealkylation sites (N-methyl/N-ethyl adjacent to an activating group) is 1. The average Bonchev–Trinajstić information content (AvgIpc) is 2.30. The van der Waals surface area contributed by atoms with Crippen molar-refractivity contribution in [3.63, 3.8) is 0 Å². The Morgan fingerprint density at radius 3 is 2.65 bits per heavy atom. The second-order valence-corrected chi connectivity index (χ2v) is 3.86. The summed E-state index contributed by atoms with van der Waals surface area (Å²) in [6, 6.07) is 1.75. The van der Waals surface area contributed by atoms with E-state index in [0.717, 1.165) is 18.9 Å². The summed E-state index contributed by atoms with van der Waals surface area (Å²) in [5, 5.41) is 0.429. The maximum absolute atomic E-state index is 5.96. The molecular weight excluding hydrogens is 242 g/mol. The number of halogens is 1. The van der Waals surface area contributed by atoms with Crippen molar-refractivity contribution in [2.75, 3.05) is 38.8 Å². The van der Waals surface area contributed by atoms with Gasteiger partial charge in [0.15, 0.2) is 5.82 Å². The maximum atomic E-state index is 5.96. The summed E-state index contributed by atoms with van der Waals surface area (Å²) in [6.07, 6.45) is 0. The van der Waals surface area contributed by atoms with E-state index in [9.17, 15) is 0 Å². The van der Waals surface area contributed by atoms with Crippen molar-refractivity contribution in [2.45, 2.75) is 13.5 Å². The standard InChI is InChI=1S/C11H18ClN3O2/c1-4-15(5-6-16-2)11-7-9(12)13-10(14-11)8-17-3/h7H,4-6,8H2,1-3H3. The van der Waals surface area contributed by atoms with Crippen LogP contribution in [0.25, 0.3) is 0 Å². The third-order valence-corrected chi connectivity index (χ3v) is 2.47. The number of hydrogen-bond acceptors (Lipinski definition) is 5. The highest BCUT2D eigenvalue weighted by Crippen LogP contribution is 2.16. The van der Waals surface area contributed by atoms with Gasteiger partial charge in [-0.2, -0.15) is 0 Å². The summed E-state index contributed by atoms with van der Waals surface area (Å²) < 4.78 is 10.1. The lowest BCUT2D eigenvalue weighted by molar-refractivity contribution is 0.177. The number of anilines is 1. The van der Waals surface area contributed by atoms with Crippen molar-refractivity contribution in [1.82, 2.24) is 9.97 Å². The largest absolute Gasteiger partial charge is 0.383 e. The van der Waals surface area contributed by atoms with Crippen LogP contribution in [0.2, 0.25) is 5.15 Å². The number of hydrogen-bond donors (Lipinski definition) is 0. The van der Waals surface area contributed by atoms with E-state index >= 15 is 0 Å². The number of methoxy groups -OCH3 is 2. The van der Waals surface area contributed by atoms with Gasteiger partial charge in [0.05, 0.1) is 6.61 Å². The zero-order valence-corrected chi connectivity index (χ0v) is 11.2. The zero-order valence-electron chi connectivity index (χ0n) is 10.4. The minimum absolute atomic E-state index is 0.357. The lowest BCUT2D eigenvalue weighted by atomic mass is 10.4. The number of ether oxygens (including phenoxy) is 2. The Hall–Kier alpha value is -0.910. The van der Waals surface area contributed by atoms with Crippen LogP contribution in [0, 0.1) is 0 Å². The number of nitrogens with zero attached hydrogens (tertiary/aromatic N) is 3. The fourth-order valence-corrected chi connectivity index (χ4v) is 1.64. The van der Waals surface area contributed by atoms with E-state index < -0.39 is 0 Å². The molecule has 0 saturated carbocycles. The molecule has 0 aromatic carbocycles. The summed E-state index contributed by atoms with van der Waals surface area (Å²) >= 11 is 5.96. The Morgan fingerprint density at radius 1 is 1.29 bits per heavy atom. The molecule has 5 nitrogen and oxygen atoms in total. The Morgan fingerprint density at radius 2 is 2.06 bits per heavy atom. The summed E-state index contributed by atoms with van der Waals surface area (Å²) in [7, 11) is 3.28. The molecule has 0 saturated heterocycles. The van der Waals surface area contributed by atoms with Crippen LogP contribution >= 0.6 is 11.6 Å². The Kier molecular flexibility index (Phi) is 6.18. The highest BCUT2D eigenvalue weighted by molar-refractivity contribution is 6.29. The monoisotopic (exact) mass is 259 g/mol. The SMILES string of the molecule is CCN(CCOC)c1cc(Cl)nc(COC)n1. The van der Waals surface area contributed by atoms with Gasteiger partial charge in [-0.05, 0) is 6.92 Å². The Bertz CT molecular complexity index is 349. The maximum Gasteiger partial charge on any atom is 0.158 e. The molecule has 0 N–H and O–H groups in total. The van der Waals surface area contributed by atoms with Gasteiger partial charge in [-0.1, -0.05) is 11.6 Å². The number of rotatable bonds is 7. The van der Waals surface area contributed by atoms with Gasteiger partial charge in [-0.3, -0.25) is 0 Å². The van der Waals surface area contributed by atoms with Gasteiger partial charge in [-0.15, -0.1) is 0 Å². The molecule has 0 aliphatic heterocycles. The first-order valence-electron chi connectivity index (χ1n) is 5.47. The Labute approximate surface area is 107 Å². The predicted molar refractivity (Wildman–Crippen MR) is 67.5 cm³/mol. The van der Waals surface area contributed by atoms with E-state index in [0.29, 0.717) is 24.2 Å². The average molecular weight is 260 g/mol. The summed E-state index contributed by atoms with van der Waals surface area (Å²) in [4.78, 5) is 10.6. The van der Waals surface area contributed by atoms with E-state index in [4.69, 9.17) is 21.1 Å². The van der Waals surface area contributed by atoms with Gasteiger partial charge in [-0.25, -0.2) is 9.97 Å². The highest BCUT2D eigenvalue weighted by atomic mass is 35.5. The highest BCUT2D eigenvalue weighted by Gasteiger charge is 2.09. The fourth-order valence-electron chi connectivity index (χ4n) is 1.44. The van der Waals surface area contributed by atoms with Crippen LogP contribution in [0.3, 0.4) is 0 Å². The van der Waals surface area contributed by atoms with Crippen LogP contribution in [-0.4, -0.2) is 43.9 Å². The quantitative estimate of drug-likeness (QED) is 0.698. The third-order valence-electron chi connectivity index (χ3n) is 2.27. The topological polar surface area (TPSA) is 47.5 Å². The molecular formula is C11H18ClN3O2. The molecule has 17 heavy (non-hydrogen) atoms. The minimum Gasteiger partial charge on any atom is -0.383 e. The molecule has 6 heteroatoms. The molecule has 1 aromatic rings. The molecule has 0 fully saturated rings. The van der Waals surface area contributed by atoms with E-state index in [-0.39, 0.29) is 0 Å². The molecule has 96 valence electrons. The van der Waals surface area contributed by atoms with E-state index in [1.807, 2.05) is 0 Å². The van der Waals surface area contributed by atoms with Gasteiger partial charge >= 0.3 is 0 Å². The molecule has 0 aliphatic carbocycles. The smallest absolute Gasteiger partial charge is 0.158 e. The first-order chi connectivity index (χ1) is 8.21. The van der Waals surface area contributed by atoms with Gasteiger partial charge in [0.2, 0.25) is 0 Å². The molecule has 1 aromatic heterocycles. The fraction of sp³-hybridized carbons (Fsp3) is 0.636. The van der Waals surface area contributed by atoms with Crippen molar-refractivity contribution in [1.29, 1.82) is 0 Å². The van der Waals surface area contributed by atoms with Crippen LogP contribution < -0.4 is 4.90 Å². The summed E-state index contributed by atoms with van der Waals surface area (Å²) in [5.74, 6) is 1.39. The molecule has 0 radical (unpaired) electrons. The van der Waals surface area contributed by atoms with Crippen LogP contribution in [0.1, 0.15) is 12.7 Å². The lowest BCUT2D eigenvalue weighted by Crippen LogP contribution is -2.28. The lowest BCUT2D eigenvalue weighted by Gasteiger charge is -2.21. The molecule has 0 spiro atoms. The van der Waals surface area contributed by atoms with E-state index in [2.05, 4.69) is 21.8 Å². The Balaban J connectivity index is 2.85. The minimum atomic E-state index is 0.357. The van der Waals surface area contributed by atoms with Crippen molar-refractivity contribution < 1.29 is 9.47 Å².